The Labute approximate surface area is 89.7 Å². The molecule has 0 aliphatic carbocycles. The summed E-state index contributed by atoms with van der Waals surface area (Å²) < 4.78 is 5.20. The van der Waals surface area contributed by atoms with E-state index in [1.165, 1.54) is 0 Å². The molecule has 1 N–H and O–H groups in total. The fourth-order valence-electron chi connectivity index (χ4n) is 1.47. The number of rotatable bonds is 5. The number of carboxylic acids is 1. The second-order valence-electron chi connectivity index (χ2n) is 3.59. The summed E-state index contributed by atoms with van der Waals surface area (Å²) >= 11 is 0. The molecule has 1 aromatic rings. The lowest BCUT2D eigenvalue weighted by molar-refractivity contribution is -0.145. The van der Waals surface area contributed by atoms with Gasteiger partial charge in [-0.05, 0) is 18.9 Å². The number of benzene rings is 1. The number of carbonyl (C=O) groups is 1. The van der Waals surface area contributed by atoms with E-state index in [0.717, 1.165) is 5.56 Å². The molecule has 0 heterocycles. The van der Waals surface area contributed by atoms with Gasteiger partial charge < -0.3 is 9.84 Å². The van der Waals surface area contributed by atoms with Gasteiger partial charge in [0.15, 0.2) is 0 Å². The first kappa shape index (κ1) is 11.7. The summed E-state index contributed by atoms with van der Waals surface area (Å²) in [5.41, 5.74) is 1.09. The largest absolute Gasteiger partial charge is 0.481 e. The summed E-state index contributed by atoms with van der Waals surface area (Å²) in [5, 5.41) is 8.88. The number of methoxy groups -OCH3 is 1. The van der Waals surface area contributed by atoms with E-state index in [2.05, 4.69) is 0 Å². The highest BCUT2D eigenvalue weighted by molar-refractivity contribution is 5.70. The summed E-state index contributed by atoms with van der Waals surface area (Å²) in [7, 11) is 1.55. The van der Waals surface area contributed by atoms with E-state index in [4.69, 9.17) is 9.84 Å². The van der Waals surface area contributed by atoms with Crippen molar-refractivity contribution in [2.24, 2.45) is 5.92 Å². The molecule has 0 aromatic heterocycles. The predicted molar refractivity (Wildman–Crippen MR) is 57.7 cm³/mol. The van der Waals surface area contributed by atoms with E-state index in [-0.39, 0.29) is 6.10 Å². The zero-order chi connectivity index (χ0) is 11.3. The lowest BCUT2D eigenvalue weighted by Gasteiger charge is -2.19. The highest BCUT2D eigenvalue weighted by Gasteiger charge is 2.23. The second-order valence-corrected chi connectivity index (χ2v) is 3.59. The van der Waals surface area contributed by atoms with Crippen LogP contribution < -0.4 is 0 Å². The normalized spacial score (nSPS) is 14.5. The Morgan fingerprint density at radius 3 is 2.47 bits per heavy atom. The van der Waals surface area contributed by atoms with Crippen molar-refractivity contribution in [3.63, 3.8) is 0 Å². The van der Waals surface area contributed by atoms with Gasteiger partial charge >= 0.3 is 5.97 Å². The van der Waals surface area contributed by atoms with Crippen LogP contribution in [-0.4, -0.2) is 24.3 Å². The number of hydrogen-bond acceptors (Lipinski definition) is 2. The molecule has 3 nitrogen and oxygen atoms in total. The Morgan fingerprint density at radius 2 is 2.00 bits per heavy atom. The molecule has 15 heavy (non-hydrogen) atoms. The Kier molecular flexibility index (Phi) is 4.31. The maximum atomic E-state index is 10.8. The smallest absolute Gasteiger partial charge is 0.308 e. The zero-order valence-corrected chi connectivity index (χ0v) is 9.01. The van der Waals surface area contributed by atoms with E-state index < -0.39 is 11.9 Å². The summed E-state index contributed by atoms with van der Waals surface area (Å²) in [6.07, 6.45) is 0.357. The molecule has 0 spiro atoms. The minimum absolute atomic E-state index is 0.273. The van der Waals surface area contributed by atoms with Gasteiger partial charge in [0.05, 0.1) is 12.0 Å². The first-order valence-electron chi connectivity index (χ1n) is 4.94. The molecule has 0 saturated carbocycles. The van der Waals surface area contributed by atoms with Crippen LogP contribution in [0.3, 0.4) is 0 Å². The van der Waals surface area contributed by atoms with E-state index in [0.29, 0.717) is 6.42 Å². The summed E-state index contributed by atoms with van der Waals surface area (Å²) in [5.74, 6) is -1.31. The van der Waals surface area contributed by atoms with E-state index >= 15 is 0 Å². The number of aliphatic carboxylic acids is 1. The molecule has 0 fully saturated rings. The Bertz CT molecular complexity index is 308. The first-order valence-corrected chi connectivity index (χ1v) is 4.94. The molecule has 0 amide bonds. The van der Waals surface area contributed by atoms with E-state index in [1.807, 2.05) is 30.3 Å². The standard InChI is InChI=1S/C12H16O3/c1-9(12(13)14)11(15-2)8-10-6-4-3-5-7-10/h3-7,9,11H,8H2,1-2H3,(H,13,14)/t9-,11-/m1/s1. The van der Waals surface area contributed by atoms with Crippen molar-refractivity contribution in [2.75, 3.05) is 7.11 Å². The van der Waals surface area contributed by atoms with Gasteiger partial charge in [-0.1, -0.05) is 30.3 Å². The van der Waals surface area contributed by atoms with Crippen LogP contribution in [0.1, 0.15) is 12.5 Å². The summed E-state index contributed by atoms with van der Waals surface area (Å²) in [6.45, 7) is 1.67. The van der Waals surface area contributed by atoms with Crippen LogP contribution >= 0.6 is 0 Å². The minimum atomic E-state index is -0.821. The highest BCUT2D eigenvalue weighted by atomic mass is 16.5. The molecule has 0 saturated heterocycles. The zero-order valence-electron chi connectivity index (χ0n) is 9.01. The second kappa shape index (κ2) is 5.51. The van der Waals surface area contributed by atoms with Crippen molar-refractivity contribution in [1.29, 1.82) is 0 Å². The quantitative estimate of drug-likeness (QED) is 0.804. The van der Waals surface area contributed by atoms with Crippen molar-refractivity contribution in [3.05, 3.63) is 35.9 Å². The third-order valence-electron chi connectivity index (χ3n) is 2.53. The van der Waals surface area contributed by atoms with Crippen molar-refractivity contribution >= 4 is 5.97 Å². The molecule has 0 aliphatic rings. The first-order chi connectivity index (χ1) is 7.15. The van der Waals surface area contributed by atoms with Crippen molar-refractivity contribution in [3.8, 4) is 0 Å². The van der Waals surface area contributed by atoms with Crippen LogP contribution in [0.4, 0.5) is 0 Å². The average Bonchev–Trinajstić information content (AvgIpc) is 2.26. The number of carboxylic acid groups (broad SMARTS) is 1. The van der Waals surface area contributed by atoms with Crippen molar-refractivity contribution in [2.45, 2.75) is 19.4 Å². The molecule has 2 atom stereocenters. The Morgan fingerprint density at radius 1 is 1.40 bits per heavy atom. The molecule has 82 valence electrons. The maximum Gasteiger partial charge on any atom is 0.308 e. The topological polar surface area (TPSA) is 46.5 Å². The molecule has 3 heteroatoms. The van der Waals surface area contributed by atoms with Gasteiger partial charge in [0, 0.05) is 7.11 Å². The van der Waals surface area contributed by atoms with Crippen LogP contribution in [0.25, 0.3) is 0 Å². The molecular formula is C12H16O3. The van der Waals surface area contributed by atoms with Gasteiger partial charge in [-0.25, -0.2) is 0 Å². The Hall–Kier alpha value is -1.35. The van der Waals surface area contributed by atoms with E-state index in [1.54, 1.807) is 14.0 Å². The molecular weight excluding hydrogens is 192 g/mol. The van der Waals surface area contributed by atoms with Gasteiger partial charge in [0.25, 0.3) is 0 Å². The van der Waals surface area contributed by atoms with Crippen LogP contribution in [-0.2, 0) is 16.0 Å². The fourth-order valence-corrected chi connectivity index (χ4v) is 1.47. The fraction of sp³-hybridized carbons (Fsp3) is 0.417. The number of ether oxygens (including phenoxy) is 1. The molecule has 0 unspecified atom stereocenters. The highest BCUT2D eigenvalue weighted by Crippen LogP contribution is 2.13. The van der Waals surface area contributed by atoms with Gasteiger partial charge in [0.2, 0.25) is 0 Å². The van der Waals surface area contributed by atoms with Crippen LogP contribution in [0, 0.1) is 5.92 Å². The minimum Gasteiger partial charge on any atom is -0.481 e. The predicted octanol–water partition coefficient (Wildman–Crippen LogP) is 1.96. The SMILES string of the molecule is CO[C@H](Cc1ccccc1)[C@@H](C)C(=O)O. The molecule has 0 bridgehead atoms. The summed E-state index contributed by atoms with van der Waals surface area (Å²) in [4.78, 5) is 10.8. The molecule has 1 aromatic carbocycles. The van der Waals surface area contributed by atoms with Crippen LogP contribution in [0.15, 0.2) is 30.3 Å². The van der Waals surface area contributed by atoms with Gasteiger partial charge in [-0.2, -0.15) is 0 Å². The lowest BCUT2D eigenvalue weighted by atomic mass is 9.98. The monoisotopic (exact) mass is 208 g/mol. The van der Waals surface area contributed by atoms with Crippen LogP contribution in [0.5, 0.6) is 0 Å². The third kappa shape index (κ3) is 3.36. The van der Waals surface area contributed by atoms with Gasteiger partial charge in [-0.3, -0.25) is 4.79 Å². The molecule has 0 radical (unpaired) electrons. The average molecular weight is 208 g/mol. The summed E-state index contributed by atoms with van der Waals surface area (Å²) in [6, 6.07) is 9.76. The van der Waals surface area contributed by atoms with Gasteiger partial charge in [-0.15, -0.1) is 0 Å². The molecule has 1 rings (SSSR count). The lowest BCUT2D eigenvalue weighted by Crippen LogP contribution is -2.29. The number of hydrogen-bond donors (Lipinski definition) is 1. The van der Waals surface area contributed by atoms with Gasteiger partial charge in [0.1, 0.15) is 0 Å². The van der Waals surface area contributed by atoms with E-state index in [9.17, 15) is 4.79 Å². The van der Waals surface area contributed by atoms with Crippen molar-refractivity contribution in [1.82, 2.24) is 0 Å². The van der Waals surface area contributed by atoms with Crippen molar-refractivity contribution < 1.29 is 14.6 Å². The Balaban J connectivity index is 2.66. The molecule has 0 aliphatic heterocycles. The third-order valence-corrected chi connectivity index (χ3v) is 2.53. The maximum absolute atomic E-state index is 10.8. The van der Waals surface area contributed by atoms with Crippen LogP contribution in [0.2, 0.25) is 0 Å².